The van der Waals surface area contributed by atoms with Crippen LogP contribution in [0.5, 0.6) is 5.75 Å². The highest BCUT2D eigenvalue weighted by molar-refractivity contribution is 6.30. The first-order chi connectivity index (χ1) is 7.54. The minimum Gasteiger partial charge on any atom is -0.496 e. The van der Waals surface area contributed by atoms with Gasteiger partial charge in [-0.25, -0.2) is 0 Å². The van der Waals surface area contributed by atoms with E-state index in [2.05, 4.69) is 0 Å². The quantitative estimate of drug-likeness (QED) is 0.863. The first kappa shape index (κ1) is 12.8. The van der Waals surface area contributed by atoms with Crippen LogP contribution in [0.15, 0.2) is 12.1 Å². The molecule has 0 aromatic heterocycles. The highest BCUT2D eigenvalue weighted by atomic mass is 35.5. The predicted molar refractivity (Wildman–Crippen MR) is 63.3 cm³/mol. The molecule has 0 fully saturated rings. The molecule has 1 rings (SSSR count). The van der Waals surface area contributed by atoms with Crippen LogP contribution in [-0.2, 0) is 11.2 Å². The van der Waals surface area contributed by atoms with Gasteiger partial charge in [-0.1, -0.05) is 11.6 Å². The maximum Gasteiger partial charge on any atom is 0.303 e. The van der Waals surface area contributed by atoms with Crippen molar-refractivity contribution in [2.45, 2.75) is 26.2 Å². The molecule has 0 saturated heterocycles. The lowest BCUT2D eigenvalue weighted by Crippen LogP contribution is -1.98. The number of benzene rings is 1. The molecule has 0 atom stereocenters. The van der Waals surface area contributed by atoms with Crippen molar-refractivity contribution in [1.82, 2.24) is 0 Å². The number of carboxylic acid groups (broad SMARTS) is 1. The van der Waals surface area contributed by atoms with Crippen LogP contribution in [-0.4, -0.2) is 18.2 Å². The third-order valence-corrected chi connectivity index (χ3v) is 2.71. The Morgan fingerprint density at radius 1 is 1.50 bits per heavy atom. The van der Waals surface area contributed by atoms with Gasteiger partial charge in [0.1, 0.15) is 5.75 Å². The largest absolute Gasteiger partial charge is 0.496 e. The Bertz CT molecular complexity index is 388. The number of rotatable bonds is 5. The van der Waals surface area contributed by atoms with E-state index in [0.717, 1.165) is 16.9 Å². The molecule has 1 N–H and O–H groups in total. The molecule has 88 valence electrons. The van der Waals surface area contributed by atoms with Crippen molar-refractivity contribution in [3.05, 3.63) is 28.3 Å². The molecule has 0 amide bonds. The van der Waals surface area contributed by atoms with Crippen LogP contribution in [0.2, 0.25) is 5.02 Å². The number of carbonyl (C=O) groups is 1. The van der Waals surface area contributed by atoms with Gasteiger partial charge in [-0.2, -0.15) is 0 Å². The Morgan fingerprint density at radius 2 is 2.19 bits per heavy atom. The van der Waals surface area contributed by atoms with Crippen LogP contribution in [0.3, 0.4) is 0 Å². The number of hydrogen-bond acceptors (Lipinski definition) is 2. The van der Waals surface area contributed by atoms with Crippen LogP contribution in [0.1, 0.15) is 24.0 Å². The second-order valence-corrected chi connectivity index (χ2v) is 4.08. The van der Waals surface area contributed by atoms with E-state index in [1.807, 2.05) is 13.0 Å². The SMILES string of the molecule is COc1cc(Cl)cc(CCCC(=O)O)c1C. The number of halogens is 1. The maximum atomic E-state index is 10.4. The van der Waals surface area contributed by atoms with Crippen molar-refractivity contribution in [3.63, 3.8) is 0 Å². The minimum absolute atomic E-state index is 0.175. The number of aryl methyl sites for hydroxylation is 1. The maximum absolute atomic E-state index is 10.4. The van der Waals surface area contributed by atoms with Crippen LogP contribution in [0.25, 0.3) is 0 Å². The average Bonchev–Trinajstić information content (AvgIpc) is 2.22. The molecule has 0 bridgehead atoms. The van der Waals surface area contributed by atoms with Gasteiger partial charge in [0.25, 0.3) is 0 Å². The zero-order valence-corrected chi connectivity index (χ0v) is 10.2. The fourth-order valence-electron chi connectivity index (χ4n) is 1.61. The Balaban J connectivity index is 2.78. The Hall–Kier alpha value is -1.22. The Morgan fingerprint density at radius 3 is 2.75 bits per heavy atom. The lowest BCUT2D eigenvalue weighted by atomic mass is 10.0. The first-order valence-corrected chi connectivity index (χ1v) is 5.47. The van der Waals surface area contributed by atoms with Crippen LogP contribution < -0.4 is 4.74 Å². The smallest absolute Gasteiger partial charge is 0.303 e. The number of aliphatic carboxylic acids is 1. The van der Waals surface area contributed by atoms with Gasteiger partial charge in [0.05, 0.1) is 7.11 Å². The standard InChI is InChI=1S/C12H15ClO3/c1-8-9(4-3-5-12(14)15)6-10(13)7-11(8)16-2/h6-7H,3-5H2,1-2H3,(H,14,15). The molecule has 16 heavy (non-hydrogen) atoms. The second-order valence-electron chi connectivity index (χ2n) is 3.64. The highest BCUT2D eigenvalue weighted by Gasteiger charge is 2.07. The van der Waals surface area contributed by atoms with Crippen molar-refractivity contribution in [3.8, 4) is 5.75 Å². The van der Waals surface area contributed by atoms with Gasteiger partial charge in [-0.05, 0) is 43.0 Å². The van der Waals surface area contributed by atoms with Gasteiger partial charge in [0.15, 0.2) is 0 Å². The lowest BCUT2D eigenvalue weighted by Gasteiger charge is -2.10. The van der Waals surface area contributed by atoms with Gasteiger partial charge in [-0.3, -0.25) is 4.79 Å². The zero-order chi connectivity index (χ0) is 12.1. The lowest BCUT2D eigenvalue weighted by molar-refractivity contribution is -0.137. The third kappa shape index (κ3) is 3.42. The molecule has 1 aromatic rings. The summed E-state index contributed by atoms with van der Waals surface area (Å²) in [4.78, 5) is 10.4. The summed E-state index contributed by atoms with van der Waals surface area (Å²) in [6, 6.07) is 3.62. The molecule has 0 aliphatic rings. The molecule has 0 aliphatic carbocycles. The molecular weight excluding hydrogens is 228 g/mol. The summed E-state index contributed by atoms with van der Waals surface area (Å²) in [6.07, 6.45) is 1.49. The summed E-state index contributed by atoms with van der Waals surface area (Å²) in [5.41, 5.74) is 2.07. The van der Waals surface area contributed by atoms with Crippen molar-refractivity contribution in [1.29, 1.82) is 0 Å². The summed E-state index contributed by atoms with van der Waals surface area (Å²) in [6.45, 7) is 1.95. The molecule has 0 unspecified atom stereocenters. The van der Waals surface area contributed by atoms with Crippen molar-refractivity contribution in [2.24, 2.45) is 0 Å². The van der Waals surface area contributed by atoms with E-state index in [1.54, 1.807) is 13.2 Å². The van der Waals surface area contributed by atoms with E-state index in [-0.39, 0.29) is 6.42 Å². The van der Waals surface area contributed by atoms with Crippen molar-refractivity contribution < 1.29 is 14.6 Å². The Labute approximate surface area is 100.0 Å². The number of ether oxygens (including phenoxy) is 1. The van der Waals surface area contributed by atoms with Gasteiger partial charge in [0, 0.05) is 11.4 Å². The summed E-state index contributed by atoms with van der Waals surface area (Å²) >= 11 is 5.95. The van der Waals surface area contributed by atoms with E-state index in [1.165, 1.54) is 0 Å². The molecule has 0 heterocycles. The molecule has 4 heteroatoms. The van der Waals surface area contributed by atoms with E-state index in [9.17, 15) is 4.79 Å². The van der Waals surface area contributed by atoms with Crippen molar-refractivity contribution in [2.75, 3.05) is 7.11 Å². The molecule has 3 nitrogen and oxygen atoms in total. The number of carboxylic acids is 1. The number of methoxy groups -OCH3 is 1. The third-order valence-electron chi connectivity index (χ3n) is 2.49. The predicted octanol–water partition coefficient (Wildman–Crippen LogP) is 3.06. The molecule has 0 saturated carbocycles. The summed E-state index contributed by atoms with van der Waals surface area (Å²) in [5, 5.41) is 9.18. The van der Waals surface area contributed by atoms with E-state index in [4.69, 9.17) is 21.4 Å². The van der Waals surface area contributed by atoms with Crippen molar-refractivity contribution >= 4 is 17.6 Å². The van der Waals surface area contributed by atoms with Crippen LogP contribution in [0, 0.1) is 6.92 Å². The molecule has 0 radical (unpaired) electrons. The summed E-state index contributed by atoms with van der Waals surface area (Å²) < 4.78 is 5.19. The average molecular weight is 243 g/mol. The monoisotopic (exact) mass is 242 g/mol. The summed E-state index contributed by atoms with van der Waals surface area (Å²) in [7, 11) is 1.60. The van der Waals surface area contributed by atoms with Crippen LogP contribution in [0.4, 0.5) is 0 Å². The topological polar surface area (TPSA) is 46.5 Å². The molecule has 0 aliphatic heterocycles. The minimum atomic E-state index is -0.772. The normalized spacial score (nSPS) is 10.2. The fourth-order valence-corrected chi connectivity index (χ4v) is 1.84. The van der Waals surface area contributed by atoms with Crippen LogP contribution >= 0.6 is 11.6 Å². The zero-order valence-electron chi connectivity index (χ0n) is 9.42. The van der Waals surface area contributed by atoms with E-state index >= 15 is 0 Å². The first-order valence-electron chi connectivity index (χ1n) is 5.09. The summed E-state index contributed by atoms with van der Waals surface area (Å²) in [5.74, 6) is -0.0236. The highest BCUT2D eigenvalue weighted by Crippen LogP contribution is 2.27. The van der Waals surface area contributed by atoms with E-state index in [0.29, 0.717) is 17.9 Å². The van der Waals surface area contributed by atoms with E-state index < -0.39 is 5.97 Å². The van der Waals surface area contributed by atoms with Gasteiger partial charge in [-0.15, -0.1) is 0 Å². The molecule has 0 spiro atoms. The van der Waals surface area contributed by atoms with Gasteiger partial charge >= 0.3 is 5.97 Å². The molecular formula is C12H15ClO3. The Kier molecular flexibility index (Phi) is 4.62. The molecule has 1 aromatic carbocycles. The fraction of sp³-hybridized carbons (Fsp3) is 0.417. The second kappa shape index (κ2) is 5.75. The van der Waals surface area contributed by atoms with Gasteiger partial charge < -0.3 is 9.84 Å². The number of hydrogen-bond donors (Lipinski definition) is 1. The van der Waals surface area contributed by atoms with Gasteiger partial charge in [0.2, 0.25) is 0 Å².